The lowest BCUT2D eigenvalue weighted by Crippen LogP contribution is -2.21. The Labute approximate surface area is 98.4 Å². The third kappa shape index (κ3) is 3.71. The van der Waals surface area contributed by atoms with E-state index in [4.69, 9.17) is 10.7 Å². The van der Waals surface area contributed by atoms with Crippen molar-refractivity contribution in [2.75, 3.05) is 7.05 Å². The number of nitrogens with zero attached hydrogens (tertiary/aromatic N) is 2. The smallest absolute Gasteiger partial charge is 0.245 e. The summed E-state index contributed by atoms with van der Waals surface area (Å²) in [6, 6.07) is 0. The summed E-state index contributed by atoms with van der Waals surface area (Å²) in [5.41, 5.74) is 0.732. The van der Waals surface area contributed by atoms with Gasteiger partial charge in [-0.3, -0.25) is 0 Å². The summed E-state index contributed by atoms with van der Waals surface area (Å²) in [7, 11) is 2.96. The molecule has 1 aromatic heterocycles. The van der Waals surface area contributed by atoms with Crippen molar-refractivity contribution in [3.63, 3.8) is 0 Å². The van der Waals surface area contributed by atoms with Gasteiger partial charge in [0.2, 0.25) is 0 Å². The van der Waals surface area contributed by atoms with Crippen LogP contribution in [0.25, 0.3) is 0 Å². The van der Waals surface area contributed by atoms with Gasteiger partial charge in [0.15, 0.2) is 0 Å². The lowest BCUT2D eigenvalue weighted by Gasteiger charge is -2.09. The molecule has 0 aromatic carbocycles. The second-order valence-electron chi connectivity index (χ2n) is 3.53. The van der Waals surface area contributed by atoms with Crippen LogP contribution in [0.2, 0.25) is 0 Å². The maximum atomic E-state index is 10.9. The van der Waals surface area contributed by atoms with Crippen molar-refractivity contribution < 1.29 is 8.42 Å². The monoisotopic (exact) mass is 268 g/mol. The molecule has 0 spiro atoms. The summed E-state index contributed by atoms with van der Waals surface area (Å²) < 4.78 is 22.9. The lowest BCUT2D eigenvalue weighted by molar-refractivity contribution is 0.476. The fraction of sp³-hybridized carbons (Fsp3) is 0.625. The Balaban J connectivity index is 2.74. The Bertz CT molecular complexity index is 428. The first-order chi connectivity index (χ1) is 6.80. The molecule has 0 aliphatic heterocycles. The lowest BCUT2D eigenvalue weighted by atomic mass is 10.2. The highest BCUT2D eigenvalue weighted by Crippen LogP contribution is 2.20. The predicted octanol–water partition coefficient (Wildman–Crippen LogP) is 2.18. The molecule has 4 nitrogen and oxygen atoms in total. The van der Waals surface area contributed by atoms with Crippen LogP contribution in [0.4, 0.5) is 0 Å². The van der Waals surface area contributed by atoms with Gasteiger partial charge in [0.25, 0.3) is 9.24 Å². The molecule has 0 amide bonds. The Morgan fingerprint density at radius 1 is 1.60 bits per heavy atom. The highest BCUT2D eigenvalue weighted by atomic mass is 35.7. The molecule has 86 valence electrons. The highest BCUT2D eigenvalue weighted by Gasteiger charge is 2.16. The first-order valence-electron chi connectivity index (χ1n) is 4.41. The molecule has 15 heavy (non-hydrogen) atoms. The Kier molecular flexibility index (Phi) is 4.11. The van der Waals surface area contributed by atoms with Gasteiger partial charge in [0, 0.05) is 29.0 Å². The second kappa shape index (κ2) is 4.78. The molecule has 0 saturated carbocycles. The van der Waals surface area contributed by atoms with Crippen LogP contribution in [0.1, 0.15) is 30.5 Å². The van der Waals surface area contributed by atoms with Crippen LogP contribution >= 0.6 is 22.0 Å². The molecule has 0 unspecified atom stereocenters. The number of hydrogen-bond donors (Lipinski definition) is 0. The van der Waals surface area contributed by atoms with Crippen molar-refractivity contribution in [2.45, 2.75) is 26.3 Å². The van der Waals surface area contributed by atoms with Crippen molar-refractivity contribution in [3.05, 3.63) is 16.1 Å². The zero-order chi connectivity index (χ0) is 11.6. The maximum absolute atomic E-state index is 10.9. The zero-order valence-corrected chi connectivity index (χ0v) is 11.2. The minimum Gasteiger partial charge on any atom is -0.245 e. The zero-order valence-electron chi connectivity index (χ0n) is 8.77. The van der Waals surface area contributed by atoms with E-state index in [9.17, 15) is 8.42 Å². The summed E-state index contributed by atoms with van der Waals surface area (Å²) >= 11 is 1.53. The molecule has 0 bridgehead atoms. The van der Waals surface area contributed by atoms with E-state index in [0.29, 0.717) is 5.92 Å². The second-order valence-corrected chi connectivity index (χ2v) is 7.04. The van der Waals surface area contributed by atoms with Gasteiger partial charge in [-0.15, -0.1) is 11.3 Å². The van der Waals surface area contributed by atoms with Crippen molar-refractivity contribution in [1.82, 2.24) is 9.29 Å². The van der Waals surface area contributed by atoms with Crippen molar-refractivity contribution >= 4 is 31.3 Å². The van der Waals surface area contributed by atoms with E-state index in [1.807, 2.05) is 19.2 Å². The van der Waals surface area contributed by atoms with E-state index >= 15 is 0 Å². The third-order valence-electron chi connectivity index (χ3n) is 1.82. The van der Waals surface area contributed by atoms with Gasteiger partial charge < -0.3 is 0 Å². The molecule has 7 heteroatoms. The van der Waals surface area contributed by atoms with Crippen molar-refractivity contribution in [1.29, 1.82) is 0 Å². The SMILES string of the molecule is CC(C)c1nc(CN(C)S(=O)(=O)Cl)cs1. The summed E-state index contributed by atoms with van der Waals surface area (Å²) in [4.78, 5) is 4.32. The highest BCUT2D eigenvalue weighted by molar-refractivity contribution is 8.11. The van der Waals surface area contributed by atoms with Gasteiger partial charge in [-0.1, -0.05) is 13.8 Å². The summed E-state index contributed by atoms with van der Waals surface area (Å²) in [5, 5.41) is 2.86. The van der Waals surface area contributed by atoms with E-state index < -0.39 is 9.24 Å². The Morgan fingerprint density at radius 2 is 2.20 bits per heavy atom. The average Bonchev–Trinajstić information content (AvgIpc) is 2.50. The molecule has 0 aliphatic carbocycles. The van der Waals surface area contributed by atoms with Gasteiger partial charge in [0.05, 0.1) is 17.2 Å². The molecule has 1 rings (SSSR count). The van der Waals surface area contributed by atoms with E-state index in [-0.39, 0.29) is 6.54 Å². The van der Waals surface area contributed by atoms with Gasteiger partial charge in [-0.25, -0.2) is 4.98 Å². The summed E-state index contributed by atoms with van der Waals surface area (Å²) in [6.45, 7) is 4.31. The molecule has 0 atom stereocenters. The number of halogens is 1. The Morgan fingerprint density at radius 3 is 2.60 bits per heavy atom. The van der Waals surface area contributed by atoms with Crippen LogP contribution in [0.5, 0.6) is 0 Å². The molecule has 1 aromatic rings. The van der Waals surface area contributed by atoms with E-state index in [0.717, 1.165) is 15.0 Å². The minimum atomic E-state index is -3.64. The van der Waals surface area contributed by atoms with Crippen molar-refractivity contribution in [3.8, 4) is 0 Å². The number of thiazole rings is 1. The Hall–Kier alpha value is -0.170. The molecule has 0 fully saturated rings. The third-order valence-corrected chi connectivity index (χ3v) is 4.59. The average molecular weight is 269 g/mol. The largest absolute Gasteiger partial charge is 0.299 e. The quantitative estimate of drug-likeness (QED) is 0.787. The predicted molar refractivity (Wildman–Crippen MR) is 62.4 cm³/mol. The summed E-state index contributed by atoms with van der Waals surface area (Å²) in [5.74, 6) is 0.363. The number of aromatic nitrogens is 1. The van der Waals surface area contributed by atoms with E-state index in [1.165, 1.54) is 18.4 Å². The molecular formula is C8H13ClN2O2S2. The topological polar surface area (TPSA) is 50.3 Å². The standard InChI is InChI=1S/C8H13ClN2O2S2/c1-6(2)8-10-7(5-14-8)4-11(3)15(9,12)13/h5-6H,4H2,1-3H3. The molecule has 0 aliphatic rings. The normalized spacial score (nSPS) is 12.7. The minimum absolute atomic E-state index is 0.217. The maximum Gasteiger partial charge on any atom is 0.299 e. The molecule has 1 heterocycles. The van der Waals surface area contributed by atoms with Crippen LogP contribution < -0.4 is 0 Å². The van der Waals surface area contributed by atoms with Gasteiger partial charge >= 0.3 is 0 Å². The fourth-order valence-electron chi connectivity index (χ4n) is 0.966. The summed E-state index contributed by atoms with van der Waals surface area (Å²) in [6.07, 6.45) is 0. The molecule has 0 radical (unpaired) electrons. The first kappa shape index (κ1) is 12.9. The fourth-order valence-corrected chi connectivity index (χ4v) is 2.22. The molecular weight excluding hydrogens is 256 g/mol. The number of rotatable bonds is 4. The van der Waals surface area contributed by atoms with Gasteiger partial charge in [-0.2, -0.15) is 12.7 Å². The van der Waals surface area contributed by atoms with Crippen LogP contribution in [0.15, 0.2) is 5.38 Å². The number of hydrogen-bond acceptors (Lipinski definition) is 4. The van der Waals surface area contributed by atoms with Crippen LogP contribution in [0.3, 0.4) is 0 Å². The van der Waals surface area contributed by atoms with Crippen LogP contribution in [0, 0.1) is 0 Å². The van der Waals surface area contributed by atoms with Crippen molar-refractivity contribution in [2.24, 2.45) is 0 Å². The molecule has 0 N–H and O–H groups in total. The van der Waals surface area contributed by atoms with E-state index in [2.05, 4.69) is 4.98 Å². The van der Waals surface area contributed by atoms with Gasteiger partial charge in [-0.05, 0) is 0 Å². The first-order valence-corrected chi connectivity index (χ1v) is 7.55. The molecule has 0 saturated heterocycles. The van der Waals surface area contributed by atoms with Gasteiger partial charge in [0.1, 0.15) is 0 Å². The van der Waals surface area contributed by atoms with Crippen LogP contribution in [-0.4, -0.2) is 24.8 Å². The van der Waals surface area contributed by atoms with Crippen LogP contribution in [-0.2, 0) is 15.8 Å². The van der Waals surface area contributed by atoms with E-state index in [1.54, 1.807) is 0 Å².